The second-order valence-electron chi connectivity index (χ2n) is 10.9. The van der Waals surface area contributed by atoms with Crippen LogP contribution in [0, 0.1) is 23.7 Å². The second kappa shape index (κ2) is 10.7. The standard InChI is InChI=1S/C26H38ClN5O3/c1-16(2)10-11-30-24(34)21-9-8-19(23(33)28-14-17(3)4)13-22(21)32-25(30)29-31(26(32)35)15-18-6-5-7-20(27)12-18/h5-7,12,16-17,19,21-22,25,29H,8-11,13-15H2,1-4H3,(H,28,33). The van der Waals surface area contributed by atoms with Crippen molar-refractivity contribution in [3.8, 4) is 0 Å². The van der Waals surface area contributed by atoms with Gasteiger partial charge >= 0.3 is 6.03 Å². The molecule has 0 radical (unpaired) electrons. The van der Waals surface area contributed by atoms with E-state index >= 15 is 0 Å². The van der Waals surface area contributed by atoms with Crippen LogP contribution in [-0.2, 0) is 16.1 Å². The SMILES string of the molecule is CC(C)CCN1C(=O)C2CCC(C(=O)NCC(C)C)CC2N2C(=O)N(Cc3cccc(Cl)c3)NC12. The van der Waals surface area contributed by atoms with Gasteiger partial charge in [0.1, 0.15) is 0 Å². The van der Waals surface area contributed by atoms with Crippen molar-refractivity contribution in [2.75, 3.05) is 13.1 Å². The molecule has 9 heteroatoms. The van der Waals surface area contributed by atoms with Crippen LogP contribution in [0.5, 0.6) is 0 Å². The molecule has 1 aromatic rings. The summed E-state index contributed by atoms with van der Waals surface area (Å²) in [5.41, 5.74) is 4.21. The number of halogens is 1. The molecule has 2 saturated heterocycles. The van der Waals surface area contributed by atoms with Gasteiger partial charge in [-0.25, -0.2) is 4.79 Å². The highest BCUT2D eigenvalue weighted by atomic mass is 35.5. The van der Waals surface area contributed by atoms with Gasteiger partial charge in [-0.05, 0) is 55.2 Å². The Bertz CT molecular complexity index is 955. The van der Waals surface area contributed by atoms with E-state index < -0.39 is 6.29 Å². The first-order valence-electron chi connectivity index (χ1n) is 12.8. The Labute approximate surface area is 213 Å². The first kappa shape index (κ1) is 25.8. The van der Waals surface area contributed by atoms with Gasteiger partial charge in [0.25, 0.3) is 0 Å². The number of amides is 4. The van der Waals surface area contributed by atoms with E-state index in [0.29, 0.717) is 55.8 Å². The highest BCUT2D eigenvalue weighted by Gasteiger charge is 2.55. The van der Waals surface area contributed by atoms with Gasteiger partial charge in [-0.3, -0.25) is 19.5 Å². The highest BCUT2D eigenvalue weighted by Crippen LogP contribution is 2.40. The molecule has 3 fully saturated rings. The maximum atomic E-state index is 13.7. The zero-order chi connectivity index (χ0) is 25.3. The molecule has 0 aromatic heterocycles. The van der Waals surface area contributed by atoms with Gasteiger partial charge in [0.2, 0.25) is 11.8 Å². The molecule has 2 aliphatic heterocycles. The number of carbonyl (C=O) groups is 3. The van der Waals surface area contributed by atoms with Crippen LogP contribution in [-0.4, -0.2) is 58.1 Å². The Morgan fingerprint density at radius 3 is 2.63 bits per heavy atom. The summed E-state index contributed by atoms with van der Waals surface area (Å²) in [6, 6.07) is 6.98. The van der Waals surface area contributed by atoms with Crippen molar-refractivity contribution < 1.29 is 14.4 Å². The Morgan fingerprint density at radius 2 is 1.94 bits per heavy atom. The molecular weight excluding hydrogens is 466 g/mol. The van der Waals surface area contributed by atoms with E-state index in [4.69, 9.17) is 11.6 Å². The van der Waals surface area contributed by atoms with Gasteiger partial charge < -0.3 is 10.2 Å². The summed E-state index contributed by atoms with van der Waals surface area (Å²) in [7, 11) is 0. The molecule has 4 unspecified atom stereocenters. The molecule has 4 atom stereocenters. The molecule has 0 bridgehead atoms. The number of nitrogens with one attached hydrogen (secondary N) is 2. The molecule has 2 heterocycles. The Kier molecular flexibility index (Phi) is 7.91. The lowest BCUT2D eigenvalue weighted by atomic mass is 9.75. The summed E-state index contributed by atoms with van der Waals surface area (Å²) in [5.74, 6) is 0.454. The number of urea groups is 1. The lowest BCUT2D eigenvalue weighted by Crippen LogP contribution is -2.67. The number of benzene rings is 1. The van der Waals surface area contributed by atoms with Gasteiger partial charge in [-0.2, -0.15) is 5.43 Å². The van der Waals surface area contributed by atoms with Crippen LogP contribution >= 0.6 is 11.6 Å². The summed E-state index contributed by atoms with van der Waals surface area (Å²) in [5, 5.41) is 5.24. The Hall–Kier alpha value is -2.32. The van der Waals surface area contributed by atoms with Gasteiger partial charge in [-0.1, -0.05) is 51.4 Å². The fraction of sp³-hybridized carbons (Fsp3) is 0.654. The normalized spacial score (nSPS) is 26.4. The first-order valence-corrected chi connectivity index (χ1v) is 13.2. The molecule has 192 valence electrons. The quantitative estimate of drug-likeness (QED) is 0.565. The molecule has 8 nitrogen and oxygen atoms in total. The number of rotatable bonds is 8. The minimum atomic E-state index is -0.536. The molecule has 3 aliphatic rings. The predicted molar refractivity (Wildman–Crippen MR) is 135 cm³/mol. The van der Waals surface area contributed by atoms with Crippen LogP contribution in [0.15, 0.2) is 24.3 Å². The number of carbonyl (C=O) groups excluding carboxylic acids is 3. The highest BCUT2D eigenvalue weighted by molar-refractivity contribution is 6.30. The second-order valence-corrected chi connectivity index (χ2v) is 11.4. The molecular formula is C26H38ClN5O3. The number of nitrogens with zero attached hydrogens (tertiary/aromatic N) is 3. The van der Waals surface area contributed by atoms with Crippen molar-refractivity contribution in [2.24, 2.45) is 23.7 Å². The van der Waals surface area contributed by atoms with E-state index in [2.05, 4.69) is 38.4 Å². The van der Waals surface area contributed by atoms with Crippen LogP contribution in [0.2, 0.25) is 5.02 Å². The number of hydrogen-bond donors (Lipinski definition) is 2. The Morgan fingerprint density at radius 1 is 1.17 bits per heavy atom. The number of hydrazine groups is 1. The topological polar surface area (TPSA) is 85.0 Å². The van der Waals surface area contributed by atoms with Crippen LogP contribution in [0.1, 0.15) is 58.9 Å². The zero-order valence-corrected chi connectivity index (χ0v) is 21.9. The molecule has 1 saturated carbocycles. The molecule has 4 rings (SSSR count). The fourth-order valence-corrected chi connectivity index (χ4v) is 5.58. The van der Waals surface area contributed by atoms with Crippen molar-refractivity contribution in [1.29, 1.82) is 0 Å². The zero-order valence-electron chi connectivity index (χ0n) is 21.2. The molecule has 1 aromatic carbocycles. The molecule has 35 heavy (non-hydrogen) atoms. The minimum Gasteiger partial charge on any atom is -0.356 e. The average Bonchev–Trinajstić information content (AvgIpc) is 3.12. The monoisotopic (exact) mass is 503 g/mol. The average molecular weight is 504 g/mol. The smallest absolute Gasteiger partial charge is 0.337 e. The van der Waals surface area contributed by atoms with E-state index in [1.165, 1.54) is 0 Å². The van der Waals surface area contributed by atoms with E-state index in [9.17, 15) is 14.4 Å². The van der Waals surface area contributed by atoms with Gasteiger partial charge in [0, 0.05) is 30.1 Å². The van der Waals surface area contributed by atoms with Crippen LogP contribution in [0.25, 0.3) is 0 Å². The van der Waals surface area contributed by atoms with Gasteiger partial charge in [0.05, 0.1) is 12.5 Å². The molecule has 4 amide bonds. The Balaban J connectivity index is 1.57. The first-order chi connectivity index (χ1) is 16.7. The maximum Gasteiger partial charge on any atom is 0.337 e. The lowest BCUT2D eigenvalue weighted by molar-refractivity contribution is -0.159. The van der Waals surface area contributed by atoms with Crippen molar-refractivity contribution >= 4 is 29.4 Å². The third-order valence-corrected chi connectivity index (χ3v) is 7.52. The van der Waals surface area contributed by atoms with E-state index in [-0.39, 0.29) is 35.7 Å². The summed E-state index contributed by atoms with van der Waals surface area (Å²) in [6.45, 7) is 9.96. The third-order valence-electron chi connectivity index (χ3n) is 7.29. The summed E-state index contributed by atoms with van der Waals surface area (Å²) in [6.07, 6.45) is 2.12. The summed E-state index contributed by atoms with van der Waals surface area (Å²) >= 11 is 6.16. The van der Waals surface area contributed by atoms with Crippen molar-refractivity contribution in [2.45, 2.75) is 72.3 Å². The van der Waals surface area contributed by atoms with Gasteiger partial charge in [-0.15, -0.1) is 0 Å². The van der Waals surface area contributed by atoms with Crippen LogP contribution in [0.4, 0.5) is 4.79 Å². The van der Waals surface area contributed by atoms with Crippen molar-refractivity contribution in [3.63, 3.8) is 0 Å². The van der Waals surface area contributed by atoms with E-state index in [1.807, 2.05) is 28.0 Å². The summed E-state index contributed by atoms with van der Waals surface area (Å²) in [4.78, 5) is 43.8. The minimum absolute atomic E-state index is 0.0266. The number of hydrogen-bond acceptors (Lipinski definition) is 4. The fourth-order valence-electron chi connectivity index (χ4n) is 5.37. The van der Waals surface area contributed by atoms with E-state index in [1.54, 1.807) is 11.1 Å². The maximum absolute atomic E-state index is 13.7. The largest absolute Gasteiger partial charge is 0.356 e. The number of fused-ring (bicyclic) bond motifs is 3. The van der Waals surface area contributed by atoms with Crippen molar-refractivity contribution in [1.82, 2.24) is 25.6 Å². The van der Waals surface area contributed by atoms with Crippen LogP contribution < -0.4 is 10.7 Å². The van der Waals surface area contributed by atoms with Crippen LogP contribution in [0.3, 0.4) is 0 Å². The van der Waals surface area contributed by atoms with Crippen molar-refractivity contribution in [3.05, 3.63) is 34.9 Å². The summed E-state index contributed by atoms with van der Waals surface area (Å²) < 4.78 is 0. The lowest BCUT2D eigenvalue weighted by Gasteiger charge is -2.50. The predicted octanol–water partition coefficient (Wildman–Crippen LogP) is 3.81. The molecule has 0 spiro atoms. The van der Waals surface area contributed by atoms with Gasteiger partial charge in [0.15, 0.2) is 6.29 Å². The van der Waals surface area contributed by atoms with E-state index in [0.717, 1.165) is 12.0 Å². The molecule has 1 aliphatic carbocycles. The third kappa shape index (κ3) is 5.59. The molecule has 2 N–H and O–H groups in total.